The summed E-state index contributed by atoms with van der Waals surface area (Å²) in [4.78, 5) is 16.9. The molecule has 0 aliphatic carbocycles. The molecule has 0 bridgehead atoms. The second-order valence-corrected chi connectivity index (χ2v) is 7.53. The van der Waals surface area contributed by atoms with E-state index in [0.717, 1.165) is 32.6 Å². The lowest BCUT2D eigenvalue weighted by Crippen LogP contribution is -2.47. The van der Waals surface area contributed by atoms with Crippen molar-refractivity contribution in [3.8, 4) is 0 Å². The third-order valence-corrected chi connectivity index (χ3v) is 4.84. The van der Waals surface area contributed by atoms with Crippen molar-refractivity contribution in [3.63, 3.8) is 0 Å². The molecular weight excluding hydrogens is 312 g/mol. The lowest BCUT2D eigenvalue weighted by molar-refractivity contribution is 0.175. The third-order valence-electron chi connectivity index (χ3n) is 4.84. The quantitative estimate of drug-likeness (QED) is 0.761. The molecule has 1 aromatic rings. The molecule has 0 radical (unpaired) electrons. The predicted octanol–water partition coefficient (Wildman–Crippen LogP) is 2.68. The van der Waals surface area contributed by atoms with E-state index in [1.54, 1.807) is 0 Å². The first-order valence-corrected chi connectivity index (χ1v) is 9.52. The van der Waals surface area contributed by atoms with Gasteiger partial charge in [-0.15, -0.1) is 0 Å². The number of likely N-dealkylation sites (tertiary alicyclic amines) is 1. The highest BCUT2D eigenvalue weighted by molar-refractivity contribution is 5.74. The summed E-state index contributed by atoms with van der Waals surface area (Å²) >= 11 is 0. The van der Waals surface area contributed by atoms with Crippen molar-refractivity contribution >= 4 is 6.03 Å². The number of hydrogen-bond donors (Lipinski definition) is 2. The lowest BCUT2D eigenvalue weighted by Gasteiger charge is -2.30. The van der Waals surface area contributed by atoms with Gasteiger partial charge in [0.2, 0.25) is 0 Å². The van der Waals surface area contributed by atoms with Crippen molar-refractivity contribution in [2.45, 2.75) is 58.8 Å². The van der Waals surface area contributed by atoms with Gasteiger partial charge in [-0.25, -0.2) is 4.79 Å². The van der Waals surface area contributed by atoms with E-state index >= 15 is 0 Å². The van der Waals surface area contributed by atoms with Crippen molar-refractivity contribution < 1.29 is 4.79 Å². The lowest BCUT2D eigenvalue weighted by atomic mass is 10.2. The Morgan fingerprint density at radius 2 is 1.88 bits per heavy atom. The Bertz CT molecular complexity index is 510. The zero-order valence-electron chi connectivity index (χ0n) is 16.2. The molecule has 25 heavy (non-hydrogen) atoms. The molecule has 0 saturated carbocycles. The van der Waals surface area contributed by atoms with Gasteiger partial charge in [0.05, 0.1) is 0 Å². The number of carbonyl (C=O) groups excluding carboxylic acids is 1. The summed E-state index contributed by atoms with van der Waals surface area (Å²) in [6.07, 6.45) is 1.02. The summed E-state index contributed by atoms with van der Waals surface area (Å²) in [5, 5.41) is 6.12. The molecule has 1 atom stereocenters. The van der Waals surface area contributed by atoms with Crippen LogP contribution in [0.1, 0.15) is 39.7 Å². The smallest absolute Gasteiger partial charge is 0.315 e. The van der Waals surface area contributed by atoms with Gasteiger partial charge in [0, 0.05) is 50.8 Å². The zero-order valence-corrected chi connectivity index (χ0v) is 16.2. The second kappa shape index (κ2) is 9.78. The summed E-state index contributed by atoms with van der Waals surface area (Å²) in [6, 6.07) is 11.7. The van der Waals surface area contributed by atoms with Crippen LogP contribution in [0, 0.1) is 0 Å². The summed E-state index contributed by atoms with van der Waals surface area (Å²) in [7, 11) is 0. The summed E-state index contributed by atoms with van der Waals surface area (Å²) in [6.45, 7) is 13.3. The number of nitrogens with zero attached hydrogens (tertiary/aromatic N) is 2. The molecule has 2 N–H and O–H groups in total. The Morgan fingerprint density at radius 1 is 1.20 bits per heavy atom. The molecule has 5 nitrogen and oxygen atoms in total. The van der Waals surface area contributed by atoms with Crippen LogP contribution in [0.2, 0.25) is 0 Å². The first-order valence-electron chi connectivity index (χ1n) is 9.52. The van der Waals surface area contributed by atoms with E-state index < -0.39 is 0 Å². The topological polar surface area (TPSA) is 47.6 Å². The Hall–Kier alpha value is -1.59. The maximum Gasteiger partial charge on any atom is 0.315 e. The normalized spacial score (nSPS) is 18.3. The number of urea groups is 1. The van der Waals surface area contributed by atoms with Crippen LogP contribution in [0.5, 0.6) is 0 Å². The van der Waals surface area contributed by atoms with E-state index in [4.69, 9.17) is 0 Å². The maximum absolute atomic E-state index is 12.1. The molecular formula is C20H34N4O. The van der Waals surface area contributed by atoms with Crippen molar-refractivity contribution in [1.29, 1.82) is 0 Å². The van der Waals surface area contributed by atoms with Gasteiger partial charge in [0.1, 0.15) is 0 Å². The predicted molar refractivity (Wildman–Crippen MR) is 104 cm³/mol. The number of rotatable bonds is 8. The fraction of sp³-hybridized carbons (Fsp3) is 0.650. The van der Waals surface area contributed by atoms with Crippen LogP contribution >= 0.6 is 0 Å². The van der Waals surface area contributed by atoms with Gasteiger partial charge >= 0.3 is 6.03 Å². The van der Waals surface area contributed by atoms with Crippen LogP contribution in [-0.4, -0.2) is 60.1 Å². The first-order chi connectivity index (χ1) is 12.0. The minimum absolute atomic E-state index is 0.0426. The first kappa shape index (κ1) is 19.7. The average molecular weight is 347 g/mol. The van der Waals surface area contributed by atoms with Crippen LogP contribution in [0.4, 0.5) is 4.79 Å². The Morgan fingerprint density at radius 3 is 2.52 bits per heavy atom. The SMILES string of the molecule is CC(C)N(CCNC(=O)N[C@@H]1CCN(Cc2ccccc2)C1)C(C)C. The molecule has 140 valence electrons. The number of amides is 2. The Kier molecular flexibility index (Phi) is 7.72. The van der Waals surface area contributed by atoms with Crippen LogP contribution in [0.25, 0.3) is 0 Å². The molecule has 0 spiro atoms. The van der Waals surface area contributed by atoms with Gasteiger partial charge in [-0.2, -0.15) is 0 Å². The highest BCUT2D eigenvalue weighted by atomic mass is 16.2. The molecule has 1 fully saturated rings. The van der Waals surface area contributed by atoms with Gasteiger partial charge in [-0.1, -0.05) is 30.3 Å². The zero-order chi connectivity index (χ0) is 18.2. The summed E-state index contributed by atoms with van der Waals surface area (Å²) in [5.41, 5.74) is 1.33. The monoisotopic (exact) mass is 346 g/mol. The average Bonchev–Trinajstić information content (AvgIpc) is 2.98. The minimum Gasteiger partial charge on any atom is -0.337 e. The summed E-state index contributed by atoms with van der Waals surface area (Å²) < 4.78 is 0. The summed E-state index contributed by atoms with van der Waals surface area (Å²) in [5.74, 6) is 0. The number of nitrogens with one attached hydrogen (secondary N) is 2. The molecule has 2 amide bonds. The fourth-order valence-corrected chi connectivity index (χ4v) is 3.58. The maximum atomic E-state index is 12.1. The van der Waals surface area contributed by atoms with Gasteiger partial charge in [0.25, 0.3) is 0 Å². The fourth-order valence-electron chi connectivity index (χ4n) is 3.58. The highest BCUT2D eigenvalue weighted by Crippen LogP contribution is 2.13. The third kappa shape index (κ3) is 6.67. The van der Waals surface area contributed by atoms with E-state index in [2.05, 4.69) is 72.4 Å². The van der Waals surface area contributed by atoms with E-state index in [0.29, 0.717) is 18.6 Å². The van der Waals surface area contributed by atoms with Gasteiger partial charge in [-0.05, 0) is 39.7 Å². The number of benzene rings is 1. The molecule has 1 saturated heterocycles. The highest BCUT2D eigenvalue weighted by Gasteiger charge is 2.23. The van der Waals surface area contributed by atoms with E-state index in [1.807, 2.05) is 6.07 Å². The van der Waals surface area contributed by atoms with Gasteiger partial charge < -0.3 is 10.6 Å². The molecule has 1 aromatic carbocycles. The Labute approximate surface area is 152 Å². The second-order valence-electron chi connectivity index (χ2n) is 7.53. The van der Waals surface area contributed by atoms with Crippen LogP contribution in [-0.2, 0) is 6.54 Å². The molecule has 1 heterocycles. The molecule has 0 aromatic heterocycles. The molecule has 1 aliphatic heterocycles. The molecule has 2 rings (SSSR count). The van der Waals surface area contributed by atoms with Crippen molar-refractivity contribution in [2.24, 2.45) is 0 Å². The number of carbonyl (C=O) groups is 1. The van der Waals surface area contributed by atoms with Crippen molar-refractivity contribution in [2.75, 3.05) is 26.2 Å². The van der Waals surface area contributed by atoms with E-state index in [9.17, 15) is 4.79 Å². The largest absolute Gasteiger partial charge is 0.337 e. The van der Waals surface area contributed by atoms with E-state index in [-0.39, 0.29) is 12.1 Å². The van der Waals surface area contributed by atoms with Crippen LogP contribution in [0.15, 0.2) is 30.3 Å². The van der Waals surface area contributed by atoms with Gasteiger partial charge in [-0.3, -0.25) is 9.80 Å². The molecule has 1 aliphatic rings. The standard InChI is InChI=1S/C20H34N4O/c1-16(2)24(17(3)4)13-11-21-20(25)22-19-10-12-23(15-19)14-18-8-6-5-7-9-18/h5-9,16-17,19H,10-15H2,1-4H3,(H2,21,22,25)/t19-/m1/s1. The minimum atomic E-state index is -0.0426. The van der Waals surface area contributed by atoms with Crippen LogP contribution < -0.4 is 10.6 Å². The van der Waals surface area contributed by atoms with Crippen molar-refractivity contribution in [1.82, 2.24) is 20.4 Å². The van der Waals surface area contributed by atoms with E-state index in [1.165, 1.54) is 5.56 Å². The van der Waals surface area contributed by atoms with Crippen LogP contribution in [0.3, 0.4) is 0 Å². The molecule has 5 heteroatoms. The Balaban J connectivity index is 1.66. The van der Waals surface area contributed by atoms with Crippen molar-refractivity contribution in [3.05, 3.63) is 35.9 Å². The molecule has 0 unspecified atom stereocenters. The number of hydrogen-bond acceptors (Lipinski definition) is 3. The van der Waals surface area contributed by atoms with Gasteiger partial charge in [0.15, 0.2) is 0 Å².